The number of benzene rings is 2. The summed E-state index contributed by atoms with van der Waals surface area (Å²) < 4.78 is 10.2. The Morgan fingerprint density at radius 3 is 2.06 bits per heavy atom. The first-order chi connectivity index (χ1) is 8.24. The maximum Gasteiger partial charge on any atom is 0.161 e. The molecule has 0 amide bonds. The fourth-order valence-electron chi connectivity index (χ4n) is 1.64. The normalized spacial score (nSPS) is 10.0. The lowest BCUT2D eigenvalue weighted by Crippen LogP contribution is -1.86. The van der Waals surface area contributed by atoms with E-state index in [1.54, 1.807) is 19.2 Å². The van der Waals surface area contributed by atoms with Crippen molar-refractivity contribution in [2.75, 3.05) is 14.2 Å². The number of phenols is 1. The Kier molecular flexibility index (Phi) is 3.19. The molecule has 3 nitrogen and oxygen atoms in total. The fourth-order valence-corrected chi connectivity index (χ4v) is 1.64. The van der Waals surface area contributed by atoms with Crippen LogP contribution in [0.2, 0.25) is 0 Å². The van der Waals surface area contributed by atoms with Crippen LogP contribution in [0.1, 0.15) is 0 Å². The first-order valence-electron chi connectivity index (χ1n) is 5.26. The molecule has 0 aliphatic rings. The fraction of sp³-hybridized carbons (Fsp3) is 0.143. The molecule has 0 saturated heterocycles. The van der Waals surface area contributed by atoms with Gasteiger partial charge in [-0.1, -0.05) is 18.2 Å². The summed E-state index contributed by atoms with van der Waals surface area (Å²) in [5.74, 6) is 1.43. The third-order valence-corrected chi connectivity index (χ3v) is 2.60. The van der Waals surface area contributed by atoms with E-state index in [1.165, 1.54) is 7.11 Å². The molecular weight excluding hydrogens is 216 g/mol. The average molecular weight is 230 g/mol. The van der Waals surface area contributed by atoms with Crippen molar-refractivity contribution in [1.29, 1.82) is 0 Å². The molecule has 17 heavy (non-hydrogen) atoms. The van der Waals surface area contributed by atoms with Crippen LogP contribution in [0.15, 0.2) is 42.5 Å². The molecular formula is C14H14O3. The van der Waals surface area contributed by atoms with Crippen molar-refractivity contribution in [3.05, 3.63) is 42.5 Å². The summed E-state index contributed by atoms with van der Waals surface area (Å²) in [5, 5.41) is 9.52. The second-order valence-corrected chi connectivity index (χ2v) is 3.62. The van der Waals surface area contributed by atoms with E-state index in [1.807, 2.05) is 30.3 Å². The minimum atomic E-state index is 0.143. The second-order valence-electron chi connectivity index (χ2n) is 3.62. The SMILES string of the molecule is COc1ccc(-c2ccc(O)c(OC)c2)cc1. The van der Waals surface area contributed by atoms with Crippen molar-refractivity contribution in [2.45, 2.75) is 0 Å². The van der Waals surface area contributed by atoms with Gasteiger partial charge in [-0.3, -0.25) is 0 Å². The van der Waals surface area contributed by atoms with Crippen molar-refractivity contribution < 1.29 is 14.6 Å². The summed E-state index contributed by atoms with van der Waals surface area (Å²) in [4.78, 5) is 0. The highest BCUT2D eigenvalue weighted by Gasteiger charge is 2.04. The van der Waals surface area contributed by atoms with E-state index in [-0.39, 0.29) is 5.75 Å². The molecule has 0 saturated carbocycles. The lowest BCUT2D eigenvalue weighted by atomic mass is 10.1. The quantitative estimate of drug-likeness (QED) is 0.880. The van der Waals surface area contributed by atoms with E-state index in [0.717, 1.165) is 16.9 Å². The minimum absolute atomic E-state index is 0.143. The average Bonchev–Trinajstić information content (AvgIpc) is 2.39. The van der Waals surface area contributed by atoms with Crippen molar-refractivity contribution >= 4 is 0 Å². The summed E-state index contributed by atoms with van der Waals surface area (Å²) in [6.07, 6.45) is 0. The molecule has 0 aliphatic heterocycles. The van der Waals surface area contributed by atoms with Gasteiger partial charge >= 0.3 is 0 Å². The third kappa shape index (κ3) is 2.33. The number of hydrogen-bond acceptors (Lipinski definition) is 3. The molecule has 88 valence electrons. The molecule has 0 atom stereocenters. The summed E-state index contributed by atoms with van der Waals surface area (Å²) in [6, 6.07) is 13.0. The Bertz CT molecular complexity index is 503. The standard InChI is InChI=1S/C14H14O3/c1-16-12-6-3-10(4-7-12)11-5-8-13(15)14(9-11)17-2/h3-9,15H,1-2H3. The maximum absolute atomic E-state index is 9.52. The summed E-state index contributed by atoms with van der Waals surface area (Å²) >= 11 is 0. The van der Waals surface area contributed by atoms with Gasteiger partial charge in [-0.15, -0.1) is 0 Å². The predicted molar refractivity (Wildman–Crippen MR) is 66.6 cm³/mol. The number of ether oxygens (including phenoxy) is 2. The van der Waals surface area contributed by atoms with Crippen LogP contribution in [0, 0.1) is 0 Å². The first kappa shape index (κ1) is 11.3. The highest BCUT2D eigenvalue weighted by molar-refractivity contribution is 5.67. The van der Waals surface area contributed by atoms with E-state index < -0.39 is 0 Å². The minimum Gasteiger partial charge on any atom is -0.504 e. The van der Waals surface area contributed by atoms with Gasteiger partial charge in [0.2, 0.25) is 0 Å². The van der Waals surface area contributed by atoms with Gasteiger partial charge in [0.25, 0.3) is 0 Å². The van der Waals surface area contributed by atoms with E-state index in [9.17, 15) is 5.11 Å². The zero-order chi connectivity index (χ0) is 12.3. The monoisotopic (exact) mass is 230 g/mol. The molecule has 0 aromatic heterocycles. The first-order valence-corrected chi connectivity index (χ1v) is 5.26. The molecule has 0 aliphatic carbocycles. The Morgan fingerprint density at radius 1 is 0.824 bits per heavy atom. The van der Waals surface area contributed by atoms with E-state index >= 15 is 0 Å². The molecule has 3 heteroatoms. The van der Waals surface area contributed by atoms with Gasteiger partial charge in [-0.25, -0.2) is 0 Å². The highest BCUT2D eigenvalue weighted by atomic mass is 16.5. The Hall–Kier alpha value is -2.16. The molecule has 0 unspecified atom stereocenters. The Morgan fingerprint density at radius 2 is 1.47 bits per heavy atom. The number of aromatic hydroxyl groups is 1. The maximum atomic E-state index is 9.52. The van der Waals surface area contributed by atoms with Crippen molar-refractivity contribution in [3.8, 4) is 28.4 Å². The molecule has 2 aromatic rings. The number of hydrogen-bond donors (Lipinski definition) is 1. The van der Waals surface area contributed by atoms with E-state index in [4.69, 9.17) is 9.47 Å². The third-order valence-electron chi connectivity index (χ3n) is 2.60. The molecule has 0 heterocycles. The van der Waals surface area contributed by atoms with E-state index in [2.05, 4.69) is 0 Å². The van der Waals surface area contributed by atoms with Gasteiger partial charge in [-0.05, 0) is 35.4 Å². The number of methoxy groups -OCH3 is 2. The van der Waals surface area contributed by atoms with Crippen LogP contribution in [-0.2, 0) is 0 Å². The summed E-state index contributed by atoms with van der Waals surface area (Å²) in [5.41, 5.74) is 2.03. The van der Waals surface area contributed by atoms with Gasteiger partial charge in [0.05, 0.1) is 14.2 Å². The lowest BCUT2D eigenvalue weighted by molar-refractivity contribution is 0.373. The Balaban J connectivity index is 2.38. The van der Waals surface area contributed by atoms with Gasteiger partial charge in [0.1, 0.15) is 5.75 Å². The van der Waals surface area contributed by atoms with Crippen LogP contribution in [0.3, 0.4) is 0 Å². The smallest absolute Gasteiger partial charge is 0.161 e. The molecule has 0 spiro atoms. The van der Waals surface area contributed by atoms with Crippen LogP contribution in [-0.4, -0.2) is 19.3 Å². The summed E-state index contributed by atoms with van der Waals surface area (Å²) in [7, 11) is 3.17. The molecule has 1 N–H and O–H groups in total. The Labute approximate surface area is 100 Å². The number of phenolic OH excluding ortho intramolecular Hbond substituents is 1. The molecule has 2 rings (SSSR count). The van der Waals surface area contributed by atoms with Crippen LogP contribution >= 0.6 is 0 Å². The van der Waals surface area contributed by atoms with E-state index in [0.29, 0.717) is 5.75 Å². The van der Waals surface area contributed by atoms with Crippen LogP contribution in [0.5, 0.6) is 17.2 Å². The predicted octanol–water partition coefficient (Wildman–Crippen LogP) is 3.08. The second kappa shape index (κ2) is 4.78. The van der Waals surface area contributed by atoms with Gasteiger partial charge in [-0.2, -0.15) is 0 Å². The van der Waals surface area contributed by atoms with Gasteiger partial charge < -0.3 is 14.6 Å². The van der Waals surface area contributed by atoms with Crippen molar-refractivity contribution in [2.24, 2.45) is 0 Å². The van der Waals surface area contributed by atoms with Crippen molar-refractivity contribution in [1.82, 2.24) is 0 Å². The lowest BCUT2D eigenvalue weighted by Gasteiger charge is -2.07. The molecule has 0 radical (unpaired) electrons. The van der Waals surface area contributed by atoms with Crippen LogP contribution < -0.4 is 9.47 Å². The molecule has 0 fully saturated rings. The highest BCUT2D eigenvalue weighted by Crippen LogP contribution is 2.31. The molecule has 0 bridgehead atoms. The largest absolute Gasteiger partial charge is 0.504 e. The number of rotatable bonds is 3. The van der Waals surface area contributed by atoms with Gasteiger partial charge in [0, 0.05) is 0 Å². The van der Waals surface area contributed by atoms with Gasteiger partial charge in [0.15, 0.2) is 11.5 Å². The topological polar surface area (TPSA) is 38.7 Å². The van der Waals surface area contributed by atoms with Crippen LogP contribution in [0.25, 0.3) is 11.1 Å². The van der Waals surface area contributed by atoms with Crippen molar-refractivity contribution in [3.63, 3.8) is 0 Å². The zero-order valence-corrected chi connectivity index (χ0v) is 9.81. The zero-order valence-electron chi connectivity index (χ0n) is 9.81. The van der Waals surface area contributed by atoms with Crippen LogP contribution in [0.4, 0.5) is 0 Å². The molecule has 2 aromatic carbocycles. The summed E-state index contributed by atoms with van der Waals surface area (Å²) in [6.45, 7) is 0.